The summed E-state index contributed by atoms with van der Waals surface area (Å²) in [5.41, 5.74) is -4.34. The first-order valence-corrected chi connectivity index (χ1v) is 11.3. The van der Waals surface area contributed by atoms with Crippen molar-refractivity contribution in [1.82, 2.24) is 15.2 Å². The van der Waals surface area contributed by atoms with E-state index < -0.39 is 40.6 Å². The van der Waals surface area contributed by atoms with Crippen LogP contribution >= 0.6 is 23.2 Å². The lowest BCUT2D eigenvalue weighted by Crippen LogP contribution is -2.45. The highest BCUT2D eigenvalue weighted by Crippen LogP contribution is 2.30. The van der Waals surface area contributed by atoms with E-state index in [1.165, 1.54) is 11.1 Å². The molecule has 0 spiro atoms. The van der Waals surface area contributed by atoms with E-state index in [0.717, 1.165) is 0 Å². The van der Waals surface area contributed by atoms with Crippen LogP contribution in [0.3, 0.4) is 0 Å². The number of aromatic nitrogens is 1. The average molecular weight is 533 g/mol. The molecule has 35 heavy (non-hydrogen) atoms. The fourth-order valence-corrected chi connectivity index (χ4v) is 3.92. The van der Waals surface area contributed by atoms with E-state index in [4.69, 9.17) is 33.2 Å². The molecule has 13 heteroatoms. The summed E-state index contributed by atoms with van der Waals surface area (Å²) in [7, 11) is 0. The Morgan fingerprint density at radius 1 is 1.29 bits per heavy atom. The molecule has 1 saturated heterocycles. The number of nitriles is 1. The molecule has 1 aromatic carbocycles. The molecule has 1 atom stereocenters. The third kappa shape index (κ3) is 7.11. The number of amides is 1. The predicted molar refractivity (Wildman–Crippen MR) is 122 cm³/mol. The van der Waals surface area contributed by atoms with E-state index in [-0.39, 0.29) is 19.2 Å². The molecule has 0 saturated carbocycles. The number of aliphatic hydroxyl groups is 1. The lowest BCUT2D eigenvalue weighted by atomic mass is 10.1. The number of pyridine rings is 1. The number of H-pyrrole nitrogens is 1. The van der Waals surface area contributed by atoms with Crippen molar-refractivity contribution >= 4 is 29.1 Å². The Labute approximate surface area is 208 Å². The van der Waals surface area contributed by atoms with Gasteiger partial charge < -0.3 is 25.0 Å². The van der Waals surface area contributed by atoms with Gasteiger partial charge in [-0.15, -0.1) is 0 Å². The number of alkyl halides is 3. The number of nitrogens with zero attached hydrogens (tertiary/aromatic N) is 2. The molecule has 2 aromatic rings. The van der Waals surface area contributed by atoms with E-state index in [2.05, 4.69) is 5.32 Å². The van der Waals surface area contributed by atoms with Crippen LogP contribution in [0, 0.1) is 11.3 Å². The zero-order valence-electron chi connectivity index (χ0n) is 18.2. The van der Waals surface area contributed by atoms with Gasteiger partial charge in [0.25, 0.3) is 11.5 Å². The second-order valence-electron chi connectivity index (χ2n) is 7.97. The summed E-state index contributed by atoms with van der Waals surface area (Å²) in [6.45, 7) is 1.05. The molecule has 1 aromatic heterocycles. The molecule has 8 nitrogen and oxygen atoms in total. The number of piperidine rings is 1. The first-order chi connectivity index (χ1) is 16.5. The Morgan fingerprint density at radius 3 is 2.57 bits per heavy atom. The predicted octanol–water partition coefficient (Wildman–Crippen LogP) is 3.21. The number of rotatable bonds is 7. The molecule has 2 heterocycles. The molecular formula is C22H21Cl2F3N4O4. The molecule has 188 valence electrons. The highest BCUT2D eigenvalue weighted by molar-refractivity contribution is 6.42. The number of carbonyl (C=O) groups excluding carboxylic acids is 1. The van der Waals surface area contributed by atoms with Crippen molar-refractivity contribution < 1.29 is 27.8 Å². The quantitative estimate of drug-likeness (QED) is 0.503. The van der Waals surface area contributed by atoms with Gasteiger partial charge in [-0.2, -0.15) is 18.4 Å². The Morgan fingerprint density at radius 2 is 1.97 bits per heavy atom. The molecule has 0 radical (unpaired) electrons. The fourth-order valence-electron chi connectivity index (χ4n) is 3.64. The van der Waals surface area contributed by atoms with Crippen LogP contribution < -0.4 is 15.6 Å². The van der Waals surface area contributed by atoms with Gasteiger partial charge in [-0.25, -0.2) is 0 Å². The number of hydrogen-bond donors (Lipinski definition) is 3. The maximum Gasteiger partial charge on any atom is 0.432 e. The molecule has 3 rings (SSSR count). The molecule has 3 N–H and O–H groups in total. The van der Waals surface area contributed by atoms with Gasteiger partial charge in [0.15, 0.2) is 0 Å². The van der Waals surface area contributed by atoms with Crippen LogP contribution in [0.25, 0.3) is 0 Å². The molecule has 0 aliphatic carbocycles. The summed E-state index contributed by atoms with van der Waals surface area (Å²) in [6, 6.07) is 7.03. The van der Waals surface area contributed by atoms with E-state index in [1.54, 1.807) is 18.2 Å². The van der Waals surface area contributed by atoms with Crippen molar-refractivity contribution in [1.29, 1.82) is 5.26 Å². The zero-order chi connectivity index (χ0) is 25.8. The summed E-state index contributed by atoms with van der Waals surface area (Å²) in [5.74, 6) is -0.571. The Bertz CT molecular complexity index is 1170. The number of aliphatic hydroxyl groups excluding tert-OH is 1. The van der Waals surface area contributed by atoms with E-state index in [0.29, 0.717) is 47.8 Å². The minimum absolute atomic E-state index is 0.0595. The highest BCUT2D eigenvalue weighted by atomic mass is 35.5. The van der Waals surface area contributed by atoms with Crippen LogP contribution in [0.5, 0.6) is 5.75 Å². The molecule has 1 fully saturated rings. The Hall–Kier alpha value is -2.78. The lowest BCUT2D eigenvalue weighted by molar-refractivity contribution is -0.141. The van der Waals surface area contributed by atoms with Crippen LogP contribution in [-0.2, 0) is 6.18 Å². The van der Waals surface area contributed by atoms with Crippen molar-refractivity contribution in [2.75, 3.05) is 26.2 Å². The van der Waals surface area contributed by atoms with E-state index >= 15 is 0 Å². The average Bonchev–Trinajstić information content (AvgIpc) is 2.80. The van der Waals surface area contributed by atoms with Crippen molar-refractivity contribution in [2.45, 2.75) is 31.2 Å². The maximum absolute atomic E-state index is 13.2. The first kappa shape index (κ1) is 26.8. The van der Waals surface area contributed by atoms with E-state index in [9.17, 15) is 27.9 Å². The van der Waals surface area contributed by atoms with Gasteiger partial charge in [-0.3, -0.25) is 9.59 Å². The third-order valence-corrected chi connectivity index (χ3v) is 6.12. The van der Waals surface area contributed by atoms with Crippen LogP contribution in [-0.4, -0.2) is 59.3 Å². The van der Waals surface area contributed by atoms with Crippen LogP contribution in [0.15, 0.2) is 29.1 Å². The van der Waals surface area contributed by atoms with Crippen molar-refractivity contribution in [3.8, 4) is 11.8 Å². The number of β-amino-alcohol motifs (C(OH)–C–C–N with tert-alkyl or cyclic N) is 1. The Kier molecular flexibility index (Phi) is 8.66. The summed E-state index contributed by atoms with van der Waals surface area (Å²) in [5, 5.41) is 22.2. The standard InChI is InChI=1S/C22H21Cl2F3N4O4/c23-17-2-1-15(8-18(17)24)35-14-3-5-31(6-4-14)11-13(32)10-29-21(34)16-7-12(9-28)20(33)30-19(16)22(25,26)27/h1-2,7-8,13-14,32H,3-6,10-11H2,(H,29,34)(H,30,33)/t13-/m1/s1. The number of halogens is 5. The summed E-state index contributed by atoms with van der Waals surface area (Å²) < 4.78 is 45.6. The minimum atomic E-state index is -5.01. The van der Waals surface area contributed by atoms with Crippen molar-refractivity contribution in [3.63, 3.8) is 0 Å². The van der Waals surface area contributed by atoms with Gasteiger partial charge in [0.2, 0.25) is 0 Å². The highest BCUT2D eigenvalue weighted by Gasteiger charge is 2.37. The third-order valence-electron chi connectivity index (χ3n) is 5.39. The Balaban J connectivity index is 1.51. The topological polar surface area (TPSA) is 118 Å². The van der Waals surface area contributed by atoms with Crippen LogP contribution in [0.1, 0.15) is 34.5 Å². The summed E-state index contributed by atoms with van der Waals surface area (Å²) >= 11 is 11.9. The van der Waals surface area contributed by atoms with Crippen molar-refractivity contribution in [3.05, 3.63) is 61.5 Å². The molecule has 1 amide bonds. The van der Waals surface area contributed by atoms with Crippen LogP contribution in [0.2, 0.25) is 10.0 Å². The monoisotopic (exact) mass is 532 g/mol. The first-order valence-electron chi connectivity index (χ1n) is 10.5. The SMILES string of the molecule is N#Cc1cc(C(=O)NC[C@@H](O)CN2CCC(Oc3ccc(Cl)c(Cl)c3)CC2)c(C(F)(F)F)[nH]c1=O. The largest absolute Gasteiger partial charge is 0.490 e. The fraction of sp³-hybridized carbons (Fsp3) is 0.409. The zero-order valence-corrected chi connectivity index (χ0v) is 19.7. The number of hydrogen-bond acceptors (Lipinski definition) is 6. The van der Waals surface area contributed by atoms with Gasteiger partial charge in [-0.1, -0.05) is 23.2 Å². The number of nitrogens with one attached hydrogen (secondary N) is 2. The second kappa shape index (κ2) is 11.3. The molecular weight excluding hydrogens is 512 g/mol. The van der Waals surface area contributed by atoms with Gasteiger partial charge >= 0.3 is 6.18 Å². The lowest BCUT2D eigenvalue weighted by Gasteiger charge is -2.33. The maximum atomic E-state index is 13.2. The number of ether oxygens (including phenoxy) is 1. The summed E-state index contributed by atoms with van der Waals surface area (Å²) in [4.78, 5) is 27.4. The summed E-state index contributed by atoms with van der Waals surface area (Å²) in [6.07, 6.45) is -4.79. The number of benzene rings is 1. The van der Waals surface area contributed by atoms with Gasteiger partial charge in [-0.05, 0) is 31.0 Å². The molecule has 1 aliphatic rings. The number of aromatic amines is 1. The number of carbonyl (C=O) groups is 1. The van der Waals surface area contributed by atoms with Crippen LogP contribution in [0.4, 0.5) is 13.2 Å². The van der Waals surface area contributed by atoms with E-state index in [1.807, 2.05) is 4.90 Å². The van der Waals surface area contributed by atoms with Crippen molar-refractivity contribution in [2.24, 2.45) is 0 Å². The molecule has 0 bridgehead atoms. The minimum Gasteiger partial charge on any atom is -0.490 e. The second-order valence-corrected chi connectivity index (χ2v) is 8.78. The number of likely N-dealkylation sites (tertiary alicyclic amines) is 1. The normalized spacial score (nSPS) is 15.9. The smallest absolute Gasteiger partial charge is 0.432 e. The van der Waals surface area contributed by atoms with Gasteiger partial charge in [0.1, 0.15) is 29.2 Å². The molecule has 1 aliphatic heterocycles. The van der Waals surface area contributed by atoms with Gasteiger partial charge in [0, 0.05) is 32.2 Å². The van der Waals surface area contributed by atoms with Gasteiger partial charge in [0.05, 0.1) is 21.7 Å². The molecule has 0 unspecified atom stereocenters.